The molecule has 0 saturated heterocycles. The summed E-state index contributed by atoms with van der Waals surface area (Å²) in [6, 6.07) is 7.98. The summed E-state index contributed by atoms with van der Waals surface area (Å²) in [5.41, 5.74) is 1.63. The molecule has 0 bridgehead atoms. The summed E-state index contributed by atoms with van der Waals surface area (Å²) in [5, 5.41) is 0. The van der Waals surface area contributed by atoms with Crippen molar-refractivity contribution in [2.75, 3.05) is 13.2 Å². The highest BCUT2D eigenvalue weighted by Gasteiger charge is 2.58. The van der Waals surface area contributed by atoms with Crippen LogP contribution in [0.2, 0.25) is 0 Å². The Kier molecular flexibility index (Phi) is 5.81. The van der Waals surface area contributed by atoms with E-state index in [4.69, 9.17) is 9.47 Å². The highest BCUT2D eigenvalue weighted by molar-refractivity contribution is 6.03. The molecule has 1 atom stereocenters. The van der Waals surface area contributed by atoms with E-state index >= 15 is 0 Å². The minimum absolute atomic E-state index is 0.240. The second-order valence-electron chi connectivity index (χ2n) is 6.25. The zero-order chi connectivity index (χ0) is 17.7. The Hall–Kier alpha value is -2.10. The Morgan fingerprint density at radius 2 is 1.67 bits per heavy atom. The smallest absolute Gasteiger partial charge is 0.324 e. The maximum Gasteiger partial charge on any atom is 0.324 e. The summed E-state index contributed by atoms with van der Waals surface area (Å²) in [6.45, 7) is 10.2. The first-order chi connectivity index (χ1) is 11.5. The van der Waals surface area contributed by atoms with Crippen LogP contribution in [0.25, 0.3) is 5.57 Å². The molecule has 0 aliphatic heterocycles. The Balaban J connectivity index is 2.41. The number of hydrogen-bond donors (Lipinski definition) is 0. The van der Waals surface area contributed by atoms with Crippen LogP contribution in [0.15, 0.2) is 30.8 Å². The molecule has 1 aromatic carbocycles. The fourth-order valence-corrected chi connectivity index (χ4v) is 3.54. The van der Waals surface area contributed by atoms with E-state index in [1.807, 2.05) is 31.2 Å². The summed E-state index contributed by atoms with van der Waals surface area (Å²) in [6.07, 6.45) is 1.94. The third-order valence-electron chi connectivity index (χ3n) is 4.78. The van der Waals surface area contributed by atoms with Crippen molar-refractivity contribution in [1.29, 1.82) is 0 Å². The van der Waals surface area contributed by atoms with Crippen molar-refractivity contribution in [1.82, 2.24) is 0 Å². The maximum absolute atomic E-state index is 12.7. The van der Waals surface area contributed by atoms with Crippen molar-refractivity contribution < 1.29 is 19.1 Å². The van der Waals surface area contributed by atoms with Crippen molar-refractivity contribution in [3.05, 3.63) is 42.0 Å². The van der Waals surface area contributed by atoms with Gasteiger partial charge in [-0.1, -0.05) is 42.8 Å². The molecule has 0 aromatic heterocycles. The standard InChI is InChI=1S/C20H26O4/c1-5-23-18(21)20(19(22)24-6-2)13-7-8-17(20)15(4)16-11-9-14(3)10-12-16/h9-12,17H,4-8,13H2,1-3H3. The van der Waals surface area contributed by atoms with Gasteiger partial charge in [0.05, 0.1) is 13.2 Å². The summed E-state index contributed by atoms with van der Waals surface area (Å²) in [4.78, 5) is 25.4. The number of carbonyl (C=O) groups is 2. The van der Waals surface area contributed by atoms with E-state index in [9.17, 15) is 9.59 Å². The molecular weight excluding hydrogens is 304 g/mol. The van der Waals surface area contributed by atoms with Crippen LogP contribution < -0.4 is 0 Å². The normalized spacial score (nSPS) is 18.9. The quantitative estimate of drug-likeness (QED) is 0.586. The lowest BCUT2D eigenvalue weighted by molar-refractivity contribution is -0.173. The topological polar surface area (TPSA) is 52.6 Å². The molecule has 1 aliphatic carbocycles. The molecule has 1 fully saturated rings. The highest BCUT2D eigenvalue weighted by atomic mass is 16.6. The molecule has 0 N–H and O–H groups in total. The van der Waals surface area contributed by atoms with Crippen LogP contribution >= 0.6 is 0 Å². The molecule has 130 valence electrons. The van der Waals surface area contributed by atoms with E-state index in [0.717, 1.165) is 29.5 Å². The van der Waals surface area contributed by atoms with Gasteiger partial charge < -0.3 is 9.47 Å². The zero-order valence-corrected chi connectivity index (χ0v) is 14.8. The van der Waals surface area contributed by atoms with Gasteiger partial charge in [-0.25, -0.2) is 0 Å². The lowest BCUT2D eigenvalue weighted by Gasteiger charge is -2.32. The lowest BCUT2D eigenvalue weighted by atomic mass is 9.72. The van der Waals surface area contributed by atoms with E-state index in [1.165, 1.54) is 0 Å². The molecule has 1 saturated carbocycles. The first kappa shape index (κ1) is 18.2. The largest absolute Gasteiger partial charge is 0.465 e. The number of allylic oxidation sites excluding steroid dienone is 1. The lowest BCUT2D eigenvalue weighted by Crippen LogP contribution is -2.45. The van der Waals surface area contributed by atoms with E-state index in [2.05, 4.69) is 6.58 Å². The van der Waals surface area contributed by atoms with Gasteiger partial charge in [0.2, 0.25) is 0 Å². The minimum atomic E-state index is -1.27. The van der Waals surface area contributed by atoms with Crippen LogP contribution in [0.5, 0.6) is 0 Å². The Morgan fingerprint density at radius 1 is 1.12 bits per heavy atom. The van der Waals surface area contributed by atoms with Crippen LogP contribution in [-0.4, -0.2) is 25.2 Å². The first-order valence-corrected chi connectivity index (χ1v) is 8.57. The molecule has 0 spiro atoms. The average molecular weight is 330 g/mol. The maximum atomic E-state index is 12.7. The predicted octanol–water partition coefficient (Wildman–Crippen LogP) is 3.92. The number of esters is 2. The molecular formula is C20H26O4. The first-order valence-electron chi connectivity index (χ1n) is 8.57. The fourth-order valence-electron chi connectivity index (χ4n) is 3.54. The van der Waals surface area contributed by atoms with E-state index < -0.39 is 17.4 Å². The Bertz CT molecular complexity index is 597. The molecule has 1 aromatic rings. The molecule has 1 unspecified atom stereocenters. The molecule has 1 aliphatic rings. The third kappa shape index (κ3) is 3.23. The summed E-state index contributed by atoms with van der Waals surface area (Å²) < 4.78 is 10.5. The highest BCUT2D eigenvalue weighted by Crippen LogP contribution is 2.51. The van der Waals surface area contributed by atoms with Gasteiger partial charge in [-0.2, -0.15) is 0 Å². The van der Waals surface area contributed by atoms with Gasteiger partial charge in [0.25, 0.3) is 0 Å². The second kappa shape index (κ2) is 7.65. The monoisotopic (exact) mass is 330 g/mol. The van der Waals surface area contributed by atoms with Crippen LogP contribution in [0.1, 0.15) is 44.2 Å². The number of aryl methyl sites for hydroxylation is 1. The van der Waals surface area contributed by atoms with Crippen LogP contribution in [0, 0.1) is 18.3 Å². The van der Waals surface area contributed by atoms with Gasteiger partial charge >= 0.3 is 11.9 Å². The van der Waals surface area contributed by atoms with Crippen molar-refractivity contribution in [3.8, 4) is 0 Å². The van der Waals surface area contributed by atoms with Crippen molar-refractivity contribution in [2.45, 2.75) is 40.0 Å². The molecule has 2 rings (SSSR count). The number of hydrogen-bond acceptors (Lipinski definition) is 4. The predicted molar refractivity (Wildman–Crippen MR) is 93.3 cm³/mol. The van der Waals surface area contributed by atoms with Gasteiger partial charge in [-0.15, -0.1) is 0 Å². The van der Waals surface area contributed by atoms with Crippen LogP contribution in [0.3, 0.4) is 0 Å². The molecule has 0 amide bonds. The third-order valence-corrected chi connectivity index (χ3v) is 4.78. The van der Waals surface area contributed by atoms with Gasteiger partial charge in [0.1, 0.15) is 0 Å². The molecule has 4 nitrogen and oxygen atoms in total. The number of rotatable bonds is 6. The average Bonchev–Trinajstić information content (AvgIpc) is 3.01. The Morgan fingerprint density at radius 3 is 2.17 bits per heavy atom. The van der Waals surface area contributed by atoms with Crippen LogP contribution in [0.4, 0.5) is 0 Å². The van der Waals surface area contributed by atoms with Gasteiger partial charge in [0, 0.05) is 5.92 Å². The molecule has 4 heteroatoms. The Labute approximate surface area is 143 Å². The fraction of sp³-hybridized carbons (Fsp3) is 0.500. The summed E-state index contributed by atoms with van der Waals surface area (Å²) in [5.74, 6) is -1.27. The molecule has 24 heavy (non-hydrogen) atoms. The van der Waals surface area contributed by atoms with Crippen molar-refractivity contribution >= 4 is 17.5 Å². The molecule has 0 heterocycles. The summed E-state index contributed by atoms with van der Waals surface area (Å²) >= 11 is 0. The number of ether oxygens (including phenoxy) is 2. The van der Waals surface area contributed by atoms with Crippen molar-refractivity contribution in [3.63, 3.8) is 0 Å². The zero-order valence-electron chi connectivity index (χ0n) is 14.8. The van der Waals surface area contributed by atoms with E-state index in [1.54, 1.807) is 13.8 Å². The van der Waals surface area contributed by atoms with E-state index in [-0.39, 0.29) is 19.1 Å². The summed E-state index contributed by atoms with van der Waals surface area (Å²) in [7, 11) is 0. The number of carbonyl (C=O) groups excluding carboxylic acids is 2. The van der Waals surface area contributed by atoms with Gasteiger partial charge in [0.15, 0.2) is 5.41 Å². The second-order valence-corrected chi connectivity index (χ2v) is 6.25. The van der Waals surface area contributed by atoms with Crippen molar-refractivity contribution in [2.24, 2.45) is 11.3 Å². The number of benzene rings is 1. The van der Waals surface area contributed by atoms with Gasteiger partial charge in [-0.3, -0.25) is 9.59 Å². The SMILES string of the molecule is C=C(c1ccc(C)cc1)C1CCCC1(C(=O)OCC)C(=O)OCC. The molecule has 0 radical (unpaired) electrons. The minimum Gasteiger partial charge on any atom is -0.465 e. The van der Waals surface area contributed by atoms with Gasteiger partial charge in [-0.05, 0) is 44.7 Å². The van der Waals surface area contributed by atoms with E-state index in [0.29, 0.717) is 6.42 Å². The van der Waals surface area contributed by atoms with Crippen LogP contribution in [-0.2, 0) is 19.1 Å².